The van der Waals surface area contributed by atoms with Crippen LogP contribution in [0.5, 0.6) is 0 Å². The number of rotatable bonds is 5. The first-order chi connectivity index (χ1) is 10.3. The molecular weight excluding hydrogens is 300 g/mol. The molecule has 122 valence electrons. The fourth-order valence-corrected chi connectivity index (χ4v) is 4.20. The monoisotopic (exact) mass is 324 g/mol. The molecule has 6 heteroatoms. The molecule has 0 spiro atoms. The summed E-state index contributed by atoms with van der Waals surface area (Å²) < 4.78 is 25.3. The predicted octanol–water partition coefficient (Wildman–Crippen LogP) is 2.45. The first kappa shape index (κ1) is 17.0. The van der Waals surface area contributed by atoms with Gasteiger partial charge >= 0.3 is 0 Å². The van der Waals surface area contributed by atoms with Gasteiger partial charge in [0.05, 0.1) is 12.8 Å². The Morgan fingerprint density at radius 2 is 1.73 bits per heavy atom. The van der Waals surface area contributed by atoms with Crippen molar-refractivity contribution < 1.29 is 13.2 Å². The Hall–Kier alpha value is -1.40. The molecule has 5 nitrogen and oxygen atoms in total. The summed E-state index contributed by atoms with van der Waals surface area (Å²) >= 11 is 0. The molecule has 1 aromatic rings. The Labute approximate surface area is 132 Å². The van der Waals surface area contributed by atoms with Gasteiger partial charge in [-0.15, -0.1) is 0 Å². The average Bonchev–Trinajstić information content (AvgIpc) is 2.86. The topological polar surface area (TPSA) is 66.5 Å². The van der Waals surface area contributed by atoms with Gasteiger partial charge in [0.15, 0.2) is 0 Å². The molecule has 0 radical (unpaired) electrons. The SMILES string of the molecule is Cc1cc(C)cc(NC(=O)CN(C2CCCC2)S(C)(=O)=O)c1. The minimum Gasteiger partial charge on any atom is -0.325 e. The molecule has 0 bridgehead atoms. The number of anilines is 1. The molecule has 1 amide bonds. The van der Waals surface area contributed by atoms with E-state index in [2.05, 4.69) is 5.32 Å². The summed E-state index contributed by atoms with van der Waals surface area (Å²) in [4.78, 5) is 12.2. The normalized spacial score (nSPS) is 16.2. The summed E-state index contributed by atoms with van der Waals surface area (Å²) in [5, 5.41) is 2.80. The lowest BCUT2D eigenvalue weighted by Gasteiger charge is -2.25. The van der Waals surface area contributed by atoms with Crippen LogP contribution in [0.1, 0.15) is 36.8 Å². The molecule has 1 aliphatic carbocycles. The van der Waals surface area contributed by atoms with E-state index in [1.807, 2.05) is 32.0 Å². The number of amides is 1. The van der Waals surface area contributed by atoms with Gasteiger partial charge in [0.25, 0.3) is 0 Å². The second-order valence-electron chi connectivity index (χ2n) is 6.17. The molecule has 1 aliphatic rings. The number of carbonyl (C=O) groups is 1. The fraction of sp³-hybridized carbons (Fsp3) is 0.562. The zero-order valence-electron chi connectivity index (χ0n) is 13.4. The van der Waals surface area contributed by atoms with Gasteiger partial charge in [0.1, 0.15) is 0 Å². The molecule has 0 aromatic heterocycles. The first-order valence-corrected chi connectivity index (χ1v) is 9.45. The van der Waals surface area contributed by atoms with Crippen LogP contribution in [0.2, 0.25) is 0 Å². The van der Waals surface area contributed by atoms with Gasteiger partial charge in [-0.05, 0) is 49.9 Å². The van der Waals surface area contributed by atoms with E-state index in [4.69, 9.17) is 0 Å². The fourth-order valence-electron chi connectivity index (χ4n) is 3.10. The van der Waals surface area contributed by atoms with Gasteiger partial charge in [0.2, 0.25) is 15.9 Å². The molecule has 0 saturated heterocycles. The Morgan fingerprint density at radius 3 is 2.23 bits per heavy atom. The molecule has 1 N–H and O–H groups in total. The molecule has 0 unspecified atom stereocenters. The largest absolute Gasteiger partial charge is 0.325 e. The van der Waals surface area contributed by atoms with E-state index < -0.39 is 10.0 Å². The van der Waals surface area contributed by atoms with Gasteiger partial charge in [-0.2, -0.15) is 4.31 Å². The van der Waals surface area contributed by atoms with E-state index in [9.17, 15) is 13.2 Å². The van der Waals surface area contributed by atoms with Gasteiger partial charge in [0, 0.05) is 11.7 Å². The van der Waals surface area contributed by atoms with Gasteiger partial charge in [-0.25, -0.2) is 8.42 Å². The minimum absolute atomic E-state index is 0.0417. The van der Waals surface area contributed by atoms with E-state index in [1.165, 1.54) is 10.6 Å². The van der Waals surface area contributed by atoms with Crippen LogP contribution in [0.25, 0.3) is 0 Å². The van der Waals surface area contributed by atoms with E-state index in [0.717, 1.165) is 36.8 Å². The molecule has 1 saturated carbocycles. The maximum Gasteiger partial charge on any atom is 0.239 e. The lowest BCUT2D eigenvalue weighted by atomic mass is 10.1. The van der Waals surface area contributed by atoms with Crippen LogP contribution in [0.4, 0.5) is 5.69 Å². The second-order valence-corrected chi connectivity index (χ2v) is 8.11. The van der Waals surface area contributed by atoms with Gasteiger partial charge in [-0.3, -0.25) is 4.79 Å². The molecule has 2 rings (SSSR count). The van der Waals surface area contributed by atoms with Crippen molar-refractivity contribution in [2.45, 2.75) is 45.6 Å². The van der Waals surface area contributed by atoms with Crippen molar-refractivity contribution in [3.63, 3.8) is 0 Å². The summed E-state index contributed by atoms with van der Waals surface area (Å²) in [7, 11) is -3.38. The van der Waals surface area contributed by atoms with Crippen LogP contribution in [0.3, 0.4) is 0 Å². The summed E-state index contributed by atoms with van der Waals surface area (Å²) in [6.45, 7) is 3.81. The van der Waals surface area contributed by atoms with Crippen LogP contribution in [-0.4, -0.2) is 37.5 Å². The van der Waals surface area contributed by atoms with Gasteiger partial charge < -0.3 is 5.32 Å². The Balaban J connectivity index is 2.07. The predicted molar refractivity (Wildman–Crippen MR) is 88.4 cm³/mol. The van der Waals surface area contributed by atoms with E-state index in [1.54, 1.807) is 0 Å². The van der Waals surface area contributed by atoms with Gasteiger partial charge in [-0.1, -0.05) is 18.9 Å². The molecule has 1 aromatic carbocycles. The smallest absolute Gasteiger partial charge is 0.239 e. The minimum atomic E-state index is -3.38. The number of benzene rings is 1. The summed E-state index contributed by atoms with van der Waals surface area (Å²) in [5.74, 6) is -0.290. The van der Waals surface area contributed by atoms with E-state index in [-0.39, 0.29) is 18.5 Å². The van der Waals surface area contributed by atoms with Crippen LogP contribution < -0.4 is 5.32 Å². The van der Waals surface area contributed by atoms with Crippen LogP contribution >= 0.6 is 0 Å². The Bertz CT molecular complexity index is 629. The van der Waals surface area contributed by atoms with Crippen molar-refractivity contribution in [1.82, 2.24) is 4.31 Å². The maximum atomic E-state index is 12.2. The second kappa shape index (κ2) is 6.79. The lowest BCUT2D eigenvalue weighted by Crippen LogP contribution is -2.43. The number of sulfonamides is 1. The Morgan fingerprint density at radius 1 is 1.18 bits per heavy atom. The van der Waals surface area contributed by atoms with E-state index >= 15 is 0 Å². The van der Waals surface area contributed by atoms with Crippen LogP contribution in [0, 0.1) is 13.8 Å². The van der Waals surface area contributed by atoms with Crippen molar-refractivity contribution in [1.29, 1.82) is 0 Å². The third-order valence-electron chi connectivity index (χ3n) is 3.96. The first-order valence-electron chi connectivity index (χ1n) is 7.60. The van der Waals surface area contributed by atoms with Crippen LogP contribution in [0.15, 0.2) is 18.2 Å². The third-order valence-corrected chi connectivity index (χ3v) is 5.24. The number of nitrogens with zero attached hydrogens (tertiary/aromatic N) is 1. The zero-order valence-corrected chi connectivity index (χ0v) is 14.2. The molecule has 0 aliphatic heterocycles. The molecule has 1 fully saturated rings. The highest BCUT2D eigenvalue weighted by Gasteiger charge is 2.30. The maximum absolute atomic E-state index is 12.2. The molecular formula is C16H24N2O3S. The number of hydrogen-bond acceptors (Lipinski definition) is 3. The summed E-state index contributed by atoms with van der Waals surface area (Å²) in [6.07, 6.45) is 4.90. The van der Waals surface area contributed by atoms with Crippen molar-refractivity contribution in [2.75, 3.05) is 18.1 Å². The average molecular weight is 324 g/mol. The number of aryl methyl sites for hydroxylation is 2. The summed E-state index contributed by atoms with van der Waals surface area (Å²) in [6, 6.07) is 5.74. The third kappa shape index (κ3) is 4.55. The van der Waals surface area contributed by atoms with Crippen molar-refractivity contribution in [3.05, 3.63) is 29.3 Å². The van der Waals surface area contributed by atoms with Crippen molar-refractivity contribution in [2.24, 2.45) is 0 Å². The highest BCUT2D eigenvalue weighted by atomic mass is 32.2. The highest BCUT2D eigenvalue weighted by molar-refractivity contribution is 7.88. The molecule has 0 heterocycles. The number of carbonyl (C=O) groups excluding carboxylic acids is 1. The van der Waals surface area contributed by atoms with Crippen LogP contribution in [-0.2, 0) is 14.8 Å². The quantitative estimate of drug-likeness (QED) is 0.904. The van der Waals surface area contributed by atoms with Crippen molar-refractivity contribution >= 4 is 21.6 Å². The number of hydrogen-bond donors (Lipinski definition) is 1. The molecule has 0 atom stereocenters. The lowest BCUT2D eigenvalue weighted by molar-refractivity contribution is -0.116. The standard InChI is InChI=1S/C16H24N2O3S/c1-12-8-13(2)10-14(9-12)17-16(19)11-18(22(3,20)21)15-6-4-5-7-15/h8-10,15H,4-7,11H2,1-3H3,(H,17,19). The summed E-state index contributed by atoms with van der Waals surface area (Å²) in [5.41, 5.74) is 2.83. The van der Waals surface area contributed by atoms with E-state index in [0.29, 0.717) is 5.69 Å². The number of nitrogens with one attached hydrogen (secondary N) is 1. The highest BCUT2D eigenvalue weighted by Crippen LogP contribution is 2.25. The Kier molecular flexibility index (Phi) is 5.24. The van der Waals surface area contributed by atoms with Crippen molar-refractivity contribution in [3.8, 4) is 0 Å². The molecule has 22 heavy (non-hydrogen) atoms. The zero-order chi connectivity index (χ0) is 16.3.